The van der Waals surface area contributed by atoms with E-state index >= 15 is 0 Å². The molecular formula is C13H20N4O. The molecule has 2 rings (SSSR count). The third-order valence-electron chi connectivity index (χ3n) is 3.66. The Morgan fingerprint density at radius 3 is 2.61 bits per heavy atom. The third-order valence-corrected chi connectivity index (χ3v) is 3.66. The van der Waals surface area contributed by atoms with Gasteiger partial charge in [-0.05, 0) is 6.42 Å². The molecule has 0 radical (unpaired) electrons. The molecule has 1 aliphatic heterocycles. The largest absolute Gasteiger partial charge is 0.340 e. The second kappa shape index (κ2) is 5.98. The van der Waals surface area contributed by atoms with Crippen LogP contribution in [0.1, 0.15) is 12.8 Å². The number of hydrogen-bond acceptors (Lipinski definition) is 4. The van der Waals surface area contributed by atoms with Crippen LogP contribution in [0.15, 0.2) is 12.2 Å². The number of carbonyl (C=O) groups excluding carboxylic acids is 1. The van der Waals surface area contributed by atoms with Crippen LogP contribution in [0.3, 0.4) is 0 Å². The Bertz CT molecular complexity index is 366. The Morgan fingerprint density at radius 1 is 1.33 bits per heavy atom. The van der Waals surface area contributed by atoms with Gasteiger partial charge in [-0.1, -0.05) is 12.2 Å². The van der Waals surface area contributed by atoms with E-state index in [9.17, 15) is 4.79 Å². The molecule has 0 saturated carbocycles. The van der Waals surface area contributed by atoms with Crippen LogP contribution >= 0.6 is 0 Å². The predicted octanol–water partition coefficient (Wildman–Crippen LogP) is -0.0523. The van der Waals surface area contributed by atoms with E-state index in [0.717, 1.165) is 39.1 Å². The summed E-state index contributed by atoms with van der Waals surface area (Å²) >= 11 is 0. The molecule has 1 amide bonds. The van der Waals surface area contributed by atoms with Crippen LogP contribution in [0.25, 0.3) is 0 Å². The number of amides is 1. The summed E-state index contributed by atoms with van der Waals surface area (Å²) in [6, 6.07) is 2.19. The molecule has 0 spiro atoms. The minimum absolute atomic E-state index is 0.0225. The molecule has 5 heteroatoms. The fourth-order valence-electron chi connectivity index (χ4n) is 2.54. The van der Waals surface area contributed by atoms with Gasteiger partial charge in [0.15, 0.2) is 0 Å². The molecule has 0 aromatic heterocycles. The zero-order chi connectivity index (χ0) is 13.0. The first-order valence-corrected chi connectivity index (χ1v) is 6.52. The van der Waals surface area contributed by atoms with Crippen molar-refractivity contribution in [3.63, 3.8) is 0 Å². The van der Waals surface area contributed by atoms with E-state index in [1.807, 2.05) is 17.1 Å². The molecule has 98 valence electrons. The standard InChI is InChI=1S/C13H20N4O/c14-4-1-5-16-6-8-17(9-7-16)13(18)11-2-3-12(15)10-11/h2-3,11-12H,1,5-10,15H2. The maximum Gasteiger partial charge on any atom is 0.229 e. The fourth-order valence-corrected chi connectivity index (χ4v) is 2.54. The highest BCUT2D eigenvalue weighted by molar-refractivity contribution is 5.81. The summed E-state index contributed by atoms with van der Waals surface area (Å²) in [5, 5.41) is 8.54. The molecule has 2 N–H and O–H groups in total. The van der Waals surface area contributed by atoms with Crippen LogP contribution in [0, 0.1) is 17.2 Å². The van der Waals surface area contributed by atoms with Crippen LogP contribution in [0.2, 0.25) is 0 Å². The smallest absolute Gasteiger partial charge is 0.229 e. The first-order chi connectivity index (χ1) is 8.70. The molecule has 18 heavy (non-hydrogen) atoms. The zero-order valence-electron chi connectivity index (χ0n) is 10.6. The molecule has 5 nitrogen and oxygen atoms in total. The van der Waals surface area contributed by atoms with Crippen molar-refractivity contribution >= 4 is 5.91 Å². The molecular weight excluding hydrogens is 228 g/mol. The van der Waals surface area contributed by atoms with Gasteiger partial charge in [-0.3, -0.25) is 9.69 Å². The summed E-state index contributed by atoms with van der Waals surface area (Å²) < 4.78 is 0. The minimum atomic E-state index is -0.0225. The Hall–Kier alpha value is -1.38. The van der Waals surface area contributed by atoms with E-state index in [1.165, 1.54) is 0 Å². The average molecular weight is 248 g/mol. The quantitative estimate of drug-likeness (QED) is 0.711. The van der Waals surface area contributed by atoms with Crippen molar-refractivity contribution in [2.24, 2.45) is 11.7 Å². The maximum atomic E-state index is 12.2. The number of piperazine rings is 1. The van der Waals surface area contributed by atoms with Gasteiger partial charge >= 0.3 is 0 Å². The number of nitriles is 1. The predicted molar refractivity (Wildman–Crippen MR) is 68.5 cm³/mol. The molecule has 1 heterocycles. The molecule has 0 bridgehead atoms. The van der Waals surface area contributed by atoms with E-state index in [-0.39, 0.29) is 17.9 Å². The average Bonchev–Trinajstić information content (AvgIpc) is 2.83. The molecule has 1 fully saturated rings. The van der Waals surface area contributed by atoms with E-state index in [1.54, 1.807) is 0 Å². The van der Waals surface area contributed by atoms with Gasteiger partial charge < -0.3 is 10.6 Å². The number of rotatable bonds is 3. The molecule has 2 atom stereocenters. The second-order valence-electron chi connectivity index (χ2n) is 4.97. The first-order valence-electron chi connectivity index (χ1n) is 6.52. The second-order valence-corrected chi connectivity index (χ2v) is 4.97. The summed E-state index contributed by atoms with van der Waals surface area (Å²) in [6.45, 7) is 4.09. The summed E-state index contributed by atoms with van der Waals surface area (Å²) in [6.07, 6.45) is 5.17. The van der Waals surface area contributed by atoms with Crippen molar-refractivity contribution in [3.8, 4) is 6.07 Å². The van der Waals surface area contributed by atoms with Gasteiger partial charge in [0.05, 0.1) is 12.0 Å². The molecule has 2 unspecified atom stereocenters. The van der Waals surface area contributed by atoms with Crippen molar-refractivity contribution in [2.75, 3.05) is 32.7 Å². The van der Waals surface area contributed by atoms with E-state index in [2.05, 4.69) is 11.0 Å². The number of carbonyl (C=O) groups is 1. The van der Waals surface area contributed by atoms with Crippen molar-refractivity contribution in [1.82, 2.24) is 9.80 Å². The first kappa shape index (κ1) is 13.1. The van der Waals surface area contributed by atoms with Gasteiger partial charge in [-0.2, -0.15) is 5.26 Å². The lowest BCUT2D eigenvalue weighted by Crippen LogP contribution is -2.50. The van der Waals surface area contributed by atoms with Crippen molar-refractivity contribution < 1.29 is 4.79 Å². The zero-order valence-corrected chi connectivity index (χ0v) is 10.6. The Balaban J connectivity index is 1.78. The minimum Gasteiger partial charge on any atom is -0.340 e. The van der Waals surface area contributed by atoms with Gasteiger partial charge in [-0.25, -0.2) is 0 Å². The highest BCUT2D eigenvalue weighted by atomic mass is 16.2. The van der Waals surface area contributed by atoms with Gasteiger partial charge in [0.25, 0.3) is 0 Å². The highest BCUT2D eigenvalue weighted by Gasteiger charge is 2.29. The van der Waals surface area contributed by atoms with Crippen molar-refractivity contribution in [1.29, 1.82) is 5.26 Å². The van der Waals surface area contributed by atoms with Crippen LogP contribution in [0.4, 0.5) is 0 Å². The summed E-state index contributed by atoms with van der Waals surface area (Å²) in [5.41, 5.74) is 5.77. The molecule has 2 aliphatic rings. The van der Waals surface area contributed by atoms with Crippen molar-refractivity contribution in [2.45, 2.75) is 18.9 Å². The third kappa shape index (κ3) is 3.09. The highest BCUT2D eigenvalue weighted by Crippen LogP contribution is 2.19. The molecule has 1 saturated heterocycles. The van der Waals surface area contributed by atoms with Crippen LogP contribution in [-0.2, 0) is 4.79 Å². The SMILES string of the molecule is N#CCCN1CCN(C(=O)C2C=CC(N)C2)CC1. The molecule has 0 aromatic rings. The topological polar surface area (TPSA) is 73.4 Å². The maximum absolute atomic E-state index is 12.2. The molecule has 0 aromatic carbocycles. The fraction of sp³-hybridized carbons (Fsp3) is 0.692. The summed E-state index contributed by atoms with van der Waals surface area (Å²) in [4.78, 5) is 16.4. The van der Waals surface area contributed by atoms with Crippen LogP contribution in [0.5, 0.6) is 0 Å². The number of hydrogen-bond donors (Lipinski definition) is 1. The lowest BCUT2D eigenvalue weighted by Gasteiger charge is -2.35. The Morgan fingerprint density at radius 2 is 2.06 bits per heavy atom. The summed E-state index contributed by atoms with van der Waals surface area (Å²) in [5.74, 6) is 0.185. The van der Waals surface area contributed by atoms with Gasteiger partial charge in [0.1, 0.15) is 0 Å². The van der Waals surface area contributed by atoms with Crippen LogP contribution in [-0.4, -0.2) is 54.5 Å². The summed E-state index contributed by atoms with van der Waals surface area (Å²) in [7, 11) is 0. The van der Waals surface area contributed by atoms with Gasteiger partial charge in [-0.15, -0.1) is 0 Å². The van der Waals surface area contributed by atoms with Crippen molar-refractivity contribution in [3.05, 3.63) is 12.2 Å². The van der Waals surface area contributed by atoms with Gasteiger partial charge in [0, 0.05) is 45.2 Å². The van der Waals surface area contributed by atoms with Gasteiger partial charge in [0.2, 0.25) is 5.91 Å². The number of nitrogens with two attached hydrogens (primary N) is 1. The molecule has 1 aliphatic carbocycles. The number of nitrogens with zero attached hydrogens (tertiary/aromatic N) is 3. The van der Waals surface area contributed by atoms with E-state index in [4.69, 9.17) is 11.0 Å². The Kier molecular flexibility index (Phi) is 4.34. The Labute approximate surface area is 108 Å². The normalized spacial score (nSPS) is 28.3. The lowest BCUT2D eigenvalue weighted by molar-refractivity contribution is -0.135. The van der Waals surface area contributed by atoms with Crippen LogP contribution < -0.4 is 5.73 Å². The lowest BCUT2D eigenvalue weighted by atomic mass is 10.1. The van der Waals surface area contributed by atoms with E-state index in [0.29, 0.717) is 6.42 Å². The van der Waals surface area contributed by atoms with E-state index < -0.39 is 0 Å². The monoisotopic (exact) mass is 248 g/mol.